The van der Waals surface area contributed by atoms with Crippen LogP contribution in [0.1, 0.15) is 28.4 Å². The molecule has 0 radical (unpaired) electrons. The van der Waals surface area contributed by atoms with Crippen molar-refractivity contribution >= 4 is 17.6 Å². The van der Waals surface area contributed by atoms with E-state index in [0.29, 0.717) is 17.0 Å². The molecule has 0 aliphatic rings. The van der Waals surface area contributed by atoms with Crippen molar-refractivity contribution in [1.82, 2.24) is 0 Å². The molecule has 1 amide bonds. The number of carbonyl (C=O) groups excluding carboxylic acids is 2. The molecule has 5 nitrogen and oxygen atoms in total. The predicted octanol–water partition coefficient (Wildman–Crippen LogP) is 5.28. The van der Waals surface area contributed by atoms with Gasteiger partial charge in [-0.1, -0.05) is 24.3 Å². The van der Waals surface area contributed by atoms with Crippen LogP contribution in [0, 0.1) is 13.8 Å². The van der Waals surface area contributed by atoms with Gasteiger partial charge in [0, 0.05) is 5.69 Å². The molecule has 3 aromatic rings. The molecule has 0 bridgehead atoms. The largest absolute Gasteiger partial charge is 0.457 e. The lowest BCUT2D eigenvalue weighted by molar-refractivity contribution is -0.123. The third-order valence-electron chi connectivity index (χ3n) is 4.50. The van der Waals surface area contributed by atoms with Crippen LogP contribution in [0.25, 0.3) is 0 Å². The van der Waals surface area contributed by atoms with Crippen LogP contribution >= 0.6 is 0 Å². The zero-order chi connectivity index (χ0) is 20.8. The maximum absolute atomic E-state index is 12.4. The van der Waals surface area contributed by atoms with Gasteiger partial charge in [0.25, 0.3) is 5.91 Å². The normalized spacial score (nSPS) is 11.4. The van der Waals surface area contributed by atoms with Crippen molar-refractivity contribution in [2.45, 2.75) is 26.9 Å². The number of nitrogens with one attached hydrogen (secondary N) is 1. The molecule has 0 unspecified atom stereocenters. The summed E-state index contributed by atoms with van der Waals surface area (Å²) in [7, 11) is 0. The van der Waals surface area contributed by atoms with E-state index >= 15 is 0 Å². The Morgan fingerprint density at radius 3 is 2.14 bits per heavy atom. The van der Waals surface area contributed by atoms with Gasteiger partial charge < -0.3 is 14.8 Å². The summed E-state index contributed by atoms with van der Waals surface area (Å²) >= 11 is 0. The summed E-state index contributed by atoms with van der Waals surface area (Å²) in [6, 6.07) is 21.7. The van der Waals surface area contributed by atoms with Crippen LogP contribution < -0.4 is 10.1 Å². The van der Waals surface area contributed by atoms with E-state index in [0.717, 1.165) is 16.9 Å². The number of hydrogen-bond donors (Lipinski definition) is 1. The van der Waals surface area contributed by atoms with Crippen molar-refractivity contribution in [3.05, 3.63) is 89.5 Å². The summed E-state index contributed by atoms with van der Waals surface area (Å²) in [4.78, 5) is 24.6. The number of aryl methyl sites for hydroxylation is 2. The van der Waals surface area contributed by atoms with Crippen LogP contribution in [-0.2, 0) is 9.53 Å². The molecule has 29 heavy (non-hydrogen) atoms. The zero-order valence-corrected chi connectivity index (χ0v) is 16.6. The Labute approximate surface area is 170 Å². The smallest absolute Gasteiger partial charge is 0.338 e. The SMILES string of the molecule is Cc1ccc(C(=O)O[C@H](C)C(=O)Nc2ccc(Oc3ccccc3)cc2)cc1C. The van der Waals surface area contributed by atoms with Gasteiger partial charge in [-0.15, -0.1) is 0 Å². The number of anilines is 1. The van der Waals surface area contributed by atoms with Gasteiger partial charge in [-0.05, 0) is 80.4 Å². The molecular weight excluding hydrogens is 366 g/mol. The Morgan fingerprint density at radius 2 is 1.48 bits per heavy atom. The fourth-order valence-electron chi connectivity index (χ4n) is 2.63. The zero-order valence-electron chi connectivity index (χ0n) is 16.6. The summed E-state index contributed by atoms with van der Waals surface area (Å²) in [5.41, 5.74) is 3.10. The number of hydrogen-bond acceptors (Lipinski definition) is 4. The van der Waals surface area contributed by atoms with Crippen LogP contribution in [0.3, 0.4) is 0 Å². The van der Waals surface area contributed by atoms with Gasteiger partial charge in [0.15, 0.2) is 6.10 Å². The van der Waals surface area contributed by atoms with E-state index in [1.165, 1.54) is 0 Å². The number of carbonyl (C=O) groups is 2. The highest BCUT2D eigenvalue weighted by Gasteiger charge is 2.19. The first kappa shape index (κ1) is 20.1. The first-order valence-electron chi connectivity index (χ1n) is 9.34. The van der Waals surface area contributed by atoms with Crippen molar-refractivity contribution in [2.75, 3.05) is 5.32 Å². The molecule has 3 rings (SSSR count). The molecule has 0 heterocycles. The highest BCUT2D eigenvalue weighted by molar-refractivity contribution is 5.97. The van der Waals surface area contributed by atoms with E-state index in [2.05, 4.69) is 5.32 Å². The highest BCUT2D eigenvalue weighted by Crippen LogP contribution is 2.22. The fourth-order valence-corrected chi connectivity index (χ4v) is 2.63. The van der Waals surface area contributed by atoms with Gasteiger partial charge >= 0.3 is 5.97 Å². The highest BCUT2D eigenvalue weighted by atomic mass is 16.5. The third-order valence-corrected chi connectivity index (χ3v) is 4.50. The van der Waals surface area contributed by atoms with Crippen molar-refractivity contribution in [3.63, 3.8) is 0 Å². The second-order valence-electron chi connectivity index (χ2n) is 6.78. The van der Waals surface area contributed by atoms with Crippen molar-refractivity contribution in [1.29, 1.82) is 0 Å². The van der Waals surface area contributed by atoms with E-state index in [4.69, 9.17) is 9.47 Å². The average molecular weight is 389 g/mol. The molecule has 0 saturated heterocycles. The van der Waals surface area contributed by atoms with E-state index in [1.807, 2.05) is 50.2 Å². The molecule has 3 aromatic carbocycles. The number of para-hydroxylation sites is 1. The average Bonchev–Trinajstić information content (AvgIpc) is 2.72. The van der Waals surface area contributed by atoms with E-state index in [9.17, 15) is 9.59 Å². The van der Waals surface area contributed by atoms with Gasteiger partial charge in [0.2, 0.25) is 0 Å². The number of benzene rings is 3. The molecule has 148 valence electrons. The Hall–Kier alpha value is -3.60. The van der Waals surface area contributed by atoms with Crippen LogP contribution in [0.15, 0.2) is 72.8 Å². The lowest BCUT2D eigenvalue weighted by Gasteiger charge is -2.14. The van der Waals surface area contributed by atoms with Gasteiger partial charge in [0.05, 0.1) is 5.56 Å². The minimum atomic E-state index is -0.927. The van der Waals surface area contributed by atoms with E-state index in [1.54, 1.807) is 43.3 Å². The molecule has 1 atom stereocenters. The number of amides is 1. The van der Waals surface area contributed by atoms with Crippen LogP contribution in [-0.4, -0.2) is 18.0 Å². The van der Waals surface area contributed by atoms with Gasteiger partial charge in [-0.3, -0.25) is 4.79 Å². The first-order valence-corrected chi connectivity index (χ1v) is 9.34. The Bertz CT molecular complexity index is 997. The second kappa shape index (κ2) is 9.06. The van der Waals surface area contributed by atoms with Crippen LogP contribution in [0.2, 0.25) is 0 Å². The molecule has 5 heteroatoms. The summed E-state index contributed by atoms with van der Waals surface area (Å²) in [6.07, 6.45) is -0.927. The Morgan fingerprint density at radius 1 is 0.828 bits per heavy atom. The predicted molar refractivity (Wildman–Crippen MR) is 112 cm³/mol. The number of esters is 1. The maximum Gasteiger partial charge on any atom is 0.338 e. The summed E-state index contributed by atoms with van der Waals surface area (Å²) in [6.45, 7) is 5.44. The third kappa shape index (κ3) is 5.45. The Balaban J connectivity index is 1.56. The van der Waals surface area contributed by atoms with Crippen molar-refractivity contribution in [2.24, 2.45) is 0 Å². The summed E-state index contributed by atoms with van der Waals surface area (Å²) in [5, 5.41) is 2.74. The molecule has 0 aliphatic carbocycles. The minimum Gasteiger partial charge on any atom is -0.457 e. The van der Waals surface area contributed by atoms with Gasteiger partial charge in [-0.25, -0.2) is 4.79 Å². The monoisotopic (exact) mass is 389 g/mol. The number of rotatable bonds is 6. The lowest BCUT2D eigenvalue weighted by atomic mass is 10.1. The fraction of sp³-hybridized carbons (Fsp3) is 0.167. The lowest BCUT2D eigenvalue weighted by Crippen LogP contribution is -2.30. The molecule has 0 aromatic heterocycles. The molecular formula is C24H23NO4. The van der Waals surface area contributed by atoms with Gasteiger partial charge in [0.1, 0.15) is 11.5 Å². The van der Waals surface area contributed by atoms with Crippen molar-refractivity contribution in [3.8, 4) is 11.5 Å². The number of ether oxygens (including phenoxy) is 2. The summed E-state index contributed by atoms with van der Waals surface area (Å²) in [5.74, 6) is 0.459. The van der Waals surface area contributed by atoms with E-state index in [-0.39, 0.29) is 0 Å². The van der Waals surface area contributed by atoms with Crippen LogP contribution in [0.4, 0.5) is 5.69 Å². The first-order chi connectivity index (χ1) is 13.9. The maximum atomic E-state index is 12.4. The molecule has 0 aliphatic heterocycles. The Kier molecular flexibility index (Phi) is 6.29. The topological polar surface area (TPSA) is 64.6 Å². The second-order valence-corrected chi connectivity index (χ2v) is 6.78. The molecule has 1 N–H and O–H groups in total. The summed E-state index contributed by atoms with van der Waals surface area (Å²) < 4.78 is 11.0. The quantitative estimate of drug-likeness (QED) is 0.583. The minimum absolute atomic E-state index is 0.404. The molecule has 0 fully saturated rings. The molecule has 0 spiro atoms. The standard InChI is InChI=1S/C24H23NO4/c1-16-9-10-19(15-17(16)2)24(27)28-18(3)23(26)25-20-11-13-22(14-12-20)29-21-7-5-4-6-8-21/h4-15,18H,1-3H3,(H,25,26)/t18-/m1/s1. The van der Waals surface area contributed by atoms with Crippen LogP contribution in [0.5, 0.6) is 11.5 Å². The molecule has 0 saturated carbocycles. The van der Waals surface area contributed by atoms with E-state index < -0.39 is 18.0 Å². The van der Waals surface area contributed by atoms with Crippen molar-refractivity contribution < 1.29 is 19.1 Å². The van der Waals surface area contributed by atoms with Gasteiger partial charge in [-0.2, -0.15) is 0 Å².